The van der Waals surface area contributed by atoms with Gasteiger partial charge in [-0.15, -0.1) is 0 Å². The van der Waals surface area contributed by atoms with E-state index in [1.807, 2.05) is 65.6 Å². The highest BCUT2D eigenvalue weighted by molar-refractivity contribution is 6.31. The lowest BCUT2D eigenvalue weighted by Crippen LogP contribution is -2.25. The fourth-order valence-corrected chi connectivity index (χ4v) is 4.75. The normalized spacial score (nSPS) is 16.4. The van der Waals surface area contributed by atoms with Crippen LogP contribution in [0.4, 0.5) is 5.69 Å². The zero-order valence-corrected chi connectivity index (χ0v) is 18.2. The topological polar surface area (TPSA) is 38.1 Å². The van der Waals surface area contributed by atoms with Gasteiger partial charge in [0.15, 0.2) is 0 Å². The van der Waals surface area contributed by atoms with Crippen LogP contribution in [-0.2, 0) is 17.8 Å². The second kappa shape index (κ2) is 8.20. The minimum Gasteiger partial charge on any atom is -0.323 e. The van der Waals surface area contributed by atoms with E-state index in [9.17, 15) is 4.79 Å². The number of carbonyl (C=O) groups is 1. The Hall–Kier alpha value is -3.11. The van der Waals surface area contributed by atoms with E-state index >= 15 is 0 Å². The Balaban J connectivity index is 1.55. The minimum atomic E-state index is 0.0345. The van der Waals surface area contributed by atoms with Gasteiger partial charge in [0.1, 0.15) is 5.82 Å². The van der Waals surface area contributed by atoms with Crippen molar-refractivity contribution >= 4 is 34.2 Å². The Bertz CT molecular complexity index is 1260. The van der Waals surface area contributed by atoms with Crippen molar-refractivity contribution in [1.82, 2.24) is 9.55 Å². The number of amides is 1. The first-order chi connectivity index (χ1) is 15.2. The number of nitrogens with zero attached hydrogens (tertiary/aromatic N) is 3. The lowest BCUT2D eigenvalue weighted by molar-refractivity contribution is -0.117. The molecule has 156 valence electrons. The Morgan fingerprint density at radius 1 is 0.968 bits per heavy atom. The number of benzene rings is 3. The Morgan fingerprint density at radius 3 is 2.48 bits per heavy atom. The number of aromatic nitrogens is 2. The van der Waals surface area contributed by atoms with E-state index in [0.717, 1.165) is 39.6 Å². The van der Waals surface area contributed by atoms with E-state index < -0.39 is 0 Å². The van der Waals surface area contributed by atoms with Gasteiger partial charge in [-0.3, -0.25) is 4.79 Å². The third-order valence-corrected chi connectivity index (χ3v) is 6.49. The molecule has 4 aromatic rings. The third kappa shape index (κ3) is 3.61. The summed E-state index contributed by atoms with van der Waals surface area (Å²) in [5, 5.41) is 0.743. The van der Waals surface area contributed by atoms with Crippen LogP contribution in [0.1, 0.15) is 36.2 Å². The third-order valence-electron chi connectivity index (χ3n) is 6.12. The Morgan fingerprint density at radius 2 is 1.68 bits per heavy atom. The van der Waals surface area contributed by atoms with E-state index in [1.54, 1.807) is 0 Å². The molecule has 2 heterocycles. The maximum atomic E-state index is 13.0. The molecule has 0 N–H and O–H groups in total. The SMILES string of the molecule is CCc1ccccc1N1C[C@H](c2nc3ccccc3n2Cc2ccccc2Cl)CC1=O. The molecule has 0 aliphatic carbocycles. The summed E-state index contributed by atoms with van der Waals surface area (Å²) in [6, 6.07) is 24.2. The Labute approximate surface area is 187 Å². The van der Waals surface area contributed by atoms with Crippen molar-refractivity contribution in [3.05, 3.63) is 94.8 Å². The van der Waals surface area contributed by atoms with Crippen molar-refractivity contribution in [3.63, 3.8) is 0 Å². The van der Waals surface area contributed by atoms with Crippen molar-refractivity contribution in [2.24, 2.45) is 0 Å². The van der Waals surface area contributed by atoms with E-state index in [2.05, 4.69) is 23.6 Å². The molecule has 0 saturated carbocycles. The molecule has 0 radical (unpaired) electrons. The predicted molar refractivity (Wildman–Crippen MR) is 126 cm³/mol. The van der Waals surface area contributed by atoms with Crippen LogP contribution in [0, 0.1) is 0 Å². The van der Waals surface area contributed by atoms with Gasteiger partial charge in [-0.25, -0.2) is 4.98 Å². The fourth-order valence-electron chi connectivity index (χ4n) is 4.56. The average Bonchev–Trinajstić information content (AvgIpc) is 3.36. The first-order valence-corrected chi connectivity index (χ1v) is 11.1. The van der Waals surface area contributed by atoms with E-state index in [4.69, 9.17) is 16.6 Å². The highest BCUT2D eigenvalue weighted by Gasteiger charge is 2.35. The average molecular weight is 430 g/mol. The zero-order chi connectivity index (χ0) is 21.4. The molecule has 1 aromatic heterocycles. The van der Waals surface area contributed by atoms with Gasteiger partial charge in [0, 0.05) is 29.6 Å². The van der Waals surface area contributed by atoms with Gasteiger partial charge in [0.2, 0.25) is 5.91 Å². The van der Waals surface area contributed by atoms with Gasteiger partial charge >= 0.3 is 0 Å². The summed E-state index contributed by atoms with van der Waals surface area (Å²) in [5.41, 5.74) is 5.28. The summed E-state index contributed by atoms with van der Waals surface area (Å²) in [7, 11) is 0. The minimum absolute atomic E-state index is 0.0345. The maximum Gasteiger partial charge on any atom is 0.227 e. The number of halogens is 1. The molecule has 5 heteroatoms. The molecule has 31 heavy (non-hydrogen) atoms. The molecule has 5 rings (SSSR count). The number of hydrogen-bond donors (Lipinski definition) is 0. The summed E-state index contributed by atoms with van der Waals surface area (Å²) in [6.45, 7) is 3.40. The molecule has 1 aliphatic heterocycles. The monoisotopic (exact) mass is 429 g/mol. The van der Waals surface area contributed by atoms with Crippen molar-refractivity contribution < 1.29 is 4.79 Å². The number of hydrogen-bond acceptors (Lipinski definition) is 2. The van der Waals surface area contributed by atoms with Crippen LogP contribution < -0.4 is 4.90 Å². The van der Waals surface area contributed by atoms with Gasteiger partial charge in [-0.2, -0.15) is 0 Å². The maximum absolute atomic E-state index is 13.0. The van der Waals surface area contributed by atoms with Crippen LogP contribution in [0.2, 0.25) is 5.02 Å². The number of rotatable bonds is 5. The lowest BCUT2D eigenvalue weighted by atomic mass is 10.1. The number of fused-ring (bicyclic) bond motifs is 1. The Kier molecular flexibility index (Phi) is 5.24. The summed E-state index contributed by atoms with van der Waals surface area (Å²) >= 11 is 6.47. The molecule has 0 spiro atoms. The quantitative estimate of drug-likeness (QED) is 0.401. The van der Waals surface area contributed by atoms with Crippen LogP contribution in [0.15, 0.2) is 72.8 Å². The fraction of sp³-hybridized carbons (Fsp3) is 0.231. The highest BCUT2D eigenvalue weighted by Crippen LogP contribution is 2.35. The predicted octanol–water partition coefficient (Wildman–Crippen LogP) is 5.82. The van der Waals surface area contributed by atoms with Gasteiger partial charge in [0.25, 0.3) is 0 Å². The lowest BCUT2D eigenvalue weighted by Gasteiger charge is -2.20. The van der Waals surface area contributed by atoms with Crippen LogP contribution in [0.3, 0.4) is 0 Å². The summed E-state index contributed by atoms with van der Waals surface area (Å²) in [6.07, 6.45) is 1.36. The second-order valence-corrected chi connectivity index (χ2v) is 8.43. The number of imidazole rings is 1. The number of carbonyl (C=O) groups excluding carboxylic acids is 1. The molecule has 0 unspecified atom stereocenters. The summed E-state index contributed by atoms with van der Waals surface area (Å²) < 4.78 is 2.23. The molecule has 3 aromatic carbocycles. The van der Waals surface area contributed by atoms with E-state index in [1.165, 1.54) is 5.56 Å². The van der Waals surface area contributed by atoms with Crippen LogP contribution in [0.25, 0.3) is 11.0 Å². The number of para-hydroxylation sites is 3. The van der Waals surface area contributed by atoms with Gasteiger partial charge in [-0.05, 0) is 41.8 Å². The molecular formula is C26H24ClN3O. The van der Waals surface area contributed by atoms with Crippen LogP contribution in [-0.4, -0.2) is 22.0 Å². The van der Waals surface area contributed by atoms with Crippen molar-refractivity contribution in [2.75, 3.05) is 11.4 Å². The molecular weight excluding hydrogens is 406 g/mol. The largest absolute Gasteiger partial charge is 0.323 e. The molecule has 0 bridgehead atoms. The first-order valence-electron chi connectivity index (χ1n) is 10.7. The highest BCUT2D eigenvalue weighted by atomic mass is 35.5. The number of aryl methyl sites for hydroxylation is 1. The van der Waals surface area contributed by atoms with E-state index in [0.29, 0.717) is 19.5 Å². The molecule has 4 nitrogen and oxygen atoms in total. The van der Waals surface area contributed by atoms with Crippen LogP contribution >= 0.6 is 11.6 Å². The second-order valence-electron chi connectivity index (χ2n) is 8.02. The number of anilines is 1. The van der Waals surface area contributed by atoms with Crippen molar-refractivity contribution in [3.8, 4) is 0 Å². The zero-order valence-electron chi connectivity index (χ0n) is 17.5. The summed E-state index contributed by atoms with van der Waals surface area (Å²) in [4.78, 5) is 19.9. The molecule has 1 atom stereocenters. The first kappa shape index (κ1) is 19.8. The van der Waals surface area contributed by atoms with Gasteiger partial charge < -0.3 is 9.47 Å². The van der Waals surface area contributed by atoms with E-state index in [-0.39, 0.29) is 11.8 Å². The molecule has 1 aliphatic rings. The van der Waals surface area contributed by atoms with Crippen molar-refractivity contribution in [2.45, 2.75) is 32.2 Å². The molecule has 1 fully saturated rings. The van der Waals surface area contributed by atoms with Crippen molar-refractivity contribution in [1.29, 1.82) is 0 Å². The standard InChI is InChI=1S/C26H24ClN3O/c1-2-18-9-4-7-13-23(18)29-17-20(15-25(29)31)26-28-22-12-6-8-14-24(22)30(26)16-19-10-3-5-11-21(19)27/h3-14,20H,2,15-17H2,1H3/t20-/m1/s1. The van der Waals surface area contributed by atoms with Gasteiger partial charge in [0.05, 0.1) is 17.6 Å². The van der Waals surface area contributed by atoms with Gasteiger partial charge in [-0.1, -0.05) is 67.1 Å². The smallest absolute Gasteiger partial charge is 0.227 e. The van der Waals surface area contributed by atoms with Crippen LogP contribution in [0.5, 0.6) is 0 Å². The summed E-state index contributed by atoms with van der Waals surface area (Å²) in [5.74, 6) is 1.14. The molecule has 1 amide bonds. The molecule has 1 saturated heterocycles.